The van der Waals surface area contributed by atoms with Gasteiger partial charge in [-0.2, -0.15) is 0 Å². The highest BCUT2D eigenvalue weighted by molar-refractivity contribution is 9.10. The lowest BCUT2D eigenvalue weighted by molar-refractivity contribution is -0.123. The number of aromatic nitrogens is 1. The molecule has 0 unspecified atom stereocenters. The monoisotopic (exact) mass is 371 g/mol. The molecular weight excluding hydrogens is 362 g/mol. The van der Waals surface area contributed by atoms with Crippen molar-refractivity contribution in [3.8, 4) is 5.75 Å². The van der Waals surface area contributed by atoms with Gasteiger partial charge in [0, 0.05) is 15.7 Å². The molecule has 0 aliphatic heterocycles. The molecule has 1 aromatic heterocycles. The van der Waals surface area contributed by atoms with Crippen molar-refractivity contribution in [3.05, 3.63) is 51.7 Å². The van der Waals surface area contributed by atoms with Crippen LogP contribution in [0.5, 0.6) is 5.75 Å². The molecule has 1 heterocycles. The van der Waals surface area contributed by atoms with Gasteiger partial charge in [0.1, 0.15) is 11.4 Å². The van der Waals surface area contributed by atoms with Crippen LogP contribution in [-0.4, -0.2) is 23.4 Å². The van der Waals surface area contributed by atoms with E-state index >= 15 is 0 Å². The van der Waals surface area contributed by atoms with Gasteiger partial charge in [-0.3, -0.25) is 20.4 Å². The number of benzene rings is 1. The van der Waals surface area contributed by atoms with Crippen LogP contribution < -0.4 is 15.6 Å². The average molecular weight is 373 g/mol. The van der Waals surface area contributed by atoms with Gasteiger partial charge in [0.2, 0.25) is 0 Å². The van der Waals surface area contributed by atoms with E-state index in [-0.39, 0.29) is 6.61 Å². The Bertz CT molecular complexity index is 642. The minimum atomic E-state index is -0.482. The second kappa shape index (κ2) is 7.14. The van der Waals surface area contributed by atoms with Gasteiger partial charge in [0.15, 0.2) is 6.61 Å². The molecule has 6 nitrogen and oxygen atoms in total. The summed E-state index contributed by atoms with van der Waals surface area (Å²) in [7, 11) is 0. The van der Waals surface area contributed by atoms with Crippen molar-refractivity contribution < 1.29 is 14.3 Å². The molecular formula is C13H11BrClN3O3. The number of amides is 2. The normalized spacial score (nSPS) is 10.0. The number of rotatable bonds is 4. The number of carbonyl (C=O) groups excluding carboxylic acids is 2. The summed E-state index contributed by atoms with van der Waals surface area (Å²) in [4.78, 5) is 25.9. The molecule has 2 amide bonds. The topological polar surface area (TPSA) is 83.2 Å². The predicted molar refractivity (Wildman–Crippen MR) is 81.0 cm³/mol. The third-order valence-corrected chi connectivity index (χ3v) is 3.10. The molecule has 0 saturated heterocycles. The molecule has 2 aromatic rings. The first-order valence-electron chi connectivity index (χ1n) is 5.86. The molecule has 0 atom stereocenters. The van der Waals surface area contributed by atoms with Crippen LogP contribution >= 0.6 is 27.5 Å². The predicted octanol–water partition coefficient (Wildman–Crippen LogP) is 2.27. The fraction of sp³-hybridized carbons (Fsp3) is 0.0769. The van der Waals surface area contributed by atoms with E-state index in [9.17, 15) is 9.59 Å². The highest BCUT2D eigenvalue weighted by atomic mass is 79.9. The Morgan fingerprint density at radius 1 is 1.24 bits per heavy atom. The maximum atomic E-state index is 11.6. The van der Waals surface area contributed by atoms with Crippen LogP contribution in [0.3, 0.4) is 0 Å². The van der Waals surface area contributed by atoms with Gasteiger partial charge in [-0.15, -0.1) is 0 Å². The van der Waals surface area contributed by atoms with Crippen molar-refractivity contribution in [2.24, 2.45) is 0 Å². The van der Waals surface area contributed by atoms with Crippen molar-refractivity contribution in [2.75, 3.05) is 6.61 Å². The molecule has 21 heavy (non-hydrogen) atoms. The Hall–Kier alpha value is -1.99. The standard InChI is InChI=1S/C13H11BrClN3O3/c14-8-5-11(16-6-8)13(20)18-17-12(19)7-21-10-3-1-9(15)2-4-10/h1-6,16H,7H2,(H,17,19)(H,18,20). The second-order valence-corrected chi connectivity index (χ2v) is 5.33. The summed E-state index contributed by atoms with van der Waals surface area (Å²) in [5.74, 6) is -0.432. The maximum Gasteiger partial charge on any atom is 0.286 e. The van der Waals surface area contributed by atoms with Crippen molar-refractivity contribution in [2.45, 2.75) is 0 Å². The fourth-order valence-corrected chi connectivity index (χ4v) is 1.88. The smallest absolute Gasteiger partial charge is 0.286 e. The Balaban J connectivity index is 1.74. The summed E-state index contributed by atoms with van der Waals surface area (Å²) in [5.41, 5.74) is 4.83. The van der Waals surface area contributed by atoms with Crippen LogP contribution in [0, 0.1) is 0 Å². The van der Waals surface area contributed by atoms with Gasteiger partial charge in [0.25, 0.3) is 11.8 Å². The molecule has 0 radical (unpaired) electrons. The highest BCUT2D eigenvalue weighted by Gasteiger charge is 2.09. The highest BCUT2D eigenvalue weighted by Crippen LogP contribution is 2.15. The number of aromatic amines is 1. The zero-order chi connectivity index (χ0) is 15.2. The average Bonchev–Trinajstić information content (AvgIpc) is 2.91. The Labute approximate surface area is 133 Å². The number of hydrogen-bond acceptors (Lipinski definition) is 3. The Morgan fingerprint density at radius 3 is 2.57 bits per heavy atom. The van der Waals surface area contributed by atoms with Gasteiger partial charge in [-0.25, -0.2) is 0 Å². The van der Waals surface area contributed by atoms with Crippen molar-refractivity contribution in [3.63, 3.8) is 0 Å². The first kappa shape index (κ1) is 15.4. The number of hydrazine groups is 1. The van der Waals surface area contributed by atoms with Crippen molar-refractivity contribution >= 4 is 39.3 Å². The number of H-pyrrole nitrogens is 1. The van der Waals surface area contributed by atoms with Crippen LogP contribution in [0.25, 0.3) is 0 Å². The minimum Gasteiger partial charge on any atom is -0.484 e. The van der Waals surface area contributed by atoms with Gasteiger partial charge in [-0.05, 0) is 46.3 Å². The fourth-order valence-electron chi connectivity index (χ4n) is 1.41. The maximum absolute atomic E-state index is 11.6. The quantitative estimate of drug-likeness (QED) is 0.720. The lowest BCUT2D eigenvalue weighted by Gasteiger charge is -2.08. The number of ether oxygens (including phenoxy) is 1. The first-order valence-corrected chi connectivity index (χ1v) is 7.03. The van der Waals surface area contributed by atoms with Gasteiger partial charge < -0.3 is 9.72 Å². The van der Waals surface area contributed by atoms with Gasteiger partial charge >= 0.3 is 0 Å². The number of carbonyl (C=O) groups is 2. The summed E-state index contributed by atoms with van der Waals surface area (Å²) >= 11 is 8.94. The minimum absolute atomic E-state index is 0.226. The van der Waals surface area contributed by atoms with Crippen LogP contribution in [0.15, 0.2) is 41.0 Å². The molecule has 3 N–H and O–H groups in total. The molecule has 8 heteroatoms. The van der Waals surface area contributed by atoms with E-state index in [2.05, 4.69) is 31.8 Å². The number of hydrogen-bond donors (Lipinski definition) is 3. The molecule has 0 aliphatic carbocycles. The van der Waals surface area contributed by atoms with E-state index < -0.39 is 11.8 Å². The van der Waals surface area contributed by atoms with E-state index in [1.165, 1.54) is 0 Å². The molecule has 0 saturated carbocycles. The van der Waals surface area contributed by atoms with Gasteiger partial charge in [-0.1, -0.05) is 11.6 Å². The molecule has 0 spiro atoms. The Morgan fingerprint density at radius 2 is 1.95 bits per heavy atom. The third kappa shape index (κ3) is 4.80. The van der Waals surface area contributed by atoms with Crippen LogP contribution in [0.2, 0.25) is 5.02 Å². The van der Waals surface area contributed by atoms with E-state index in [1.54, 1.807) is 36.5 Å². The van der Waals surface area contributed by atoms with Crippen LogP contribution in [-0.2, 0) is 4.79 Å². The van der Waals surface area contributed by atoms with E-state index in [4.69, 9.17) is 16.3 Å². The first-order chi connectivity index (χ1) is 10.0. The summed E-state index contributed by atoms with van der Waals surface area (Å²) < 4.78 is 5.97. The third-order valence-electron chi connectivity index (χ3n) is 2.39. The lowest BCUT2D eigenvalue weighted by Crippen LogP contribution is -2.43. The molecule has 0 bridgehead atoms. The van der Waals surface area contributed by atoms with Crippen molar-refractivity contribution in [1.82, 2.24) is 15.8 Å². The van der Waals surface area contributed by atoms with Crippen LogP contribution in [0.1, 0.15) is 10.5 Å². The van der Waals surface area contributed by atoms with E-state index in [0.717, 1.165) is 4.47 Å². The van der Waals surface area contributed by atoms with Crippen molar-refractivity contribution in [1.29, 1.82) is 0 Å². The lowest BCUT2D eigenvalue weighted by atomic mass is 10.3. The number of halogens is 2. The Kier molecular flexibility index (Phi) is 5.24. The van der Waals surface area contributed by atoms with E-state index in [1.807, 2.05) is 0 Å². The number of nitrogens with one attached hydrogen (secondary N) is 3. The summed E-state index contributed by atoms with van der Waals surface area (Å²) in [6, 6.07) is 8.18. The van der Waals surface area contributed by atoms with E-state index in [0.29, 0.717) is 16.5 Å². The largest absolute Gasteiger partial charge is 0.484 e. The zero-order valence-electron chi connectivity index (χ0n) is 10.7. The summed E-state index contributed by atoms with van der Waals surface area (Å²) in [6.07, 6.45) is 1.61. The molecule has 0 fully saturated rings. The summed E-state index contributed by atoms with van der Waals surface area (Å²) in [5, 5.41) is 0.580. The SMILES string of the molecule is O=C(COc1ccc(Cl)cc1)NNC(=O)c1cc(Br)c[nH]1. The van der Waals surface area contributed by atoms with Gasteiger partial charge in [0.05, 0.1) is 0 Å². The molecule has 0 aliphatic rings. The molecule has 110 valence electrons. The summed E-state index contributed by atoms with van der Waals surface area (Å²) in [6.45, 7) is -0.226. The molecule has 1 aromatic carbocycles. The molecule has 2 rings (SSSR count). The zero-order valence-corrected chi connectivity index (χ0v) is 13.0. The second-order valence-electron chi connectivity index (χ2n) is 3.98. The van der Waals surface area contributed by atoms with Crippen LogP contribution in [0.4, 0.5) is 0 Å².